The summed E-state index contributed by atoms with van der Waals surface area (Å²) in [6.45, 7) is 8.07. The van der Waals surface area contributed by atoms with Crippen molar-refractivity contribution in [3.63, 3.8) is 0 Å². The summed E-state index contributed by atoms with van der Waals surface area (Å²) in [6, 6.07) is 23.2. The van der Waals surface area contributed by atoms with E-state index < -0.39 is 12.6 Å². The Bertz CT molecular complexity index is 1510. The van der Waals surface area contributed by atoms with E-state index in [1.54, 1.807) is 24.3 Å². The molecule has 0 fully saturated rings. The van der Waals surface area contributed by atoms with Gasteiger partial charge in [-0.15, -0.1) is 10.2 Å². The molecule has 0 aliphatic rings. The third-order valence-electron chi connectivity index (χ3n) is 5.93. The average molecular weight is 558 g/mol. The summed E-state index contributed by atoms with van der Waals surface area (Å²) in [6.07, 6.45) is 1.41. The maximum Gasteiger partial charge on any atom is 0.341 e. The molecule has 1 heterocycles. The lowest BCUT2D eigenvalue weighted by molar-refractivity contribution is -0.139. The number of benzene rings is 3. The van der Waals surface area contributed by atoms with Crippen LogP contribution in [0.2, 0.25) is 0 Å². The minimum Gasteiger partial charge on any atom is -0.481 e. The average Bonchev–Trinajstić information content (AvgIpc) is 3.35. The van der Waals surface area contributed by atoms with Gasteiger partial charge in [0.05, 0.1) is 12.0 Å². The van der Waals surface area contributed by atoms with Gasteiger partial charge in [0.25, 0.3) is 5.91 Å². The molecule has 206 valence electrons. The van der Waals surface area contributed by atoms with Crippen LogP contribution in [0.4, 0.5) is 0 Å². The highest BCUT2D eigenvalue weighted by molar-refractivity contribution is 7.99. The van der Waals surface area contributed by atoms with Gasteiger partial charge in [0.1, 0.15) is 5.75 Å². The van der Waals surface area contributed by atoms with E-state index in [2.05, 4.69) is 53.6 Å². The number of rotatable bonds is 10. The number of thioether (sulfide) groups is 1. The minimum absolute atomic E-state index is 0.0353. The molecule has 3 aromatic carbocycles. The Morgan fingerprint density at radius 2 is 1.73 bits per heavy atom. The van der Waals surface area contributed by atoms with Gasteiger partial charge in [-0.05, 0) is 42.2 Å². The Kier molecular flexibility index (Phi) is 9.00. The first-order valence-corrected chi connectivity index (χ1v) is 13.6. The van der Waals surface area contributed by atoms with E-state index >= 15 is 0 Å². The number of carboxylic acids is 1. The van der Waals surface area contributed by atoms with Crippen LogP contribution in [0, 0.1) is 6.92 Å². The van der Waals surface area contributed by atoms with Crippen LogP contribution in [-0.4, -0.2) is 50.3 Å². The van der Waals surface area contributed by atoms with Crippen LogP contribution < -0.4 is 10.2 Å². The molecule has 0 unspecified atom stereocenters. The molecule has 0 saturated heterocycles. The quantitative estimate of drug-likeness (QED) is 0.155. The van der Waals surface area contributed by atoms with Crippen molar-refractivity contribution in [3.8, 4) is 22.8 Å². The fraction of sp³-hybridized carbons (Fsp3) is 0.233. The second-order valence-electron chi connectivity index (χ2n) is 10.1. The first-order chi connectivity index (χ1) is 19.1. The van der Waals surface area contributed by atoms with Crippen molar-refractivity contribution in [1.29, 1.82) is 0 Å². The number of amides is 1. The van der Waals surface area contributed by atoms with Gasteiger partial charge in [-0.25, -0.2) is 10.2 Å². The molecule has 9 nitrogen and oxygen atoms in total. The summed E-state index contributed by atoms with van der Waals surface area (Å²) in [5.74, 6) is -0.323. The van der Waals surface area contributed by atoms with E-state index in [1.807, 2.05) is 47.9 Å². The zero-order chi connectivity index (χ0) is 28.7. The van der Waals surface area contributed by atoms with Gasteiger partial charge in [-0.3, -0.25) is 9.36 Å². The molecule has 10 heteroatoms. The molecule has 4 aromatic rings. The smallest absolute Gasteiger partial charge is 0.341 e. The zero-order valence-electron chi connectivity index (χ0n) is 22.8. The van der Waals surface area contributed by atoms with Crippen molar-refractivity contribution < 1.29 is 19.4 Å². The standard InChI is InChI=1S/C30H31N5O4S/c1-20-9-15-24(16-10-20)35-28(21-11-13-23(14-12-21)30(2,3)4)33-34-29(35)40-19-26(36)32-31-17-22-7-5-6-8-25(22)39-18-27(37)38/h5-17H,18-19H2,1-4H3,(H,32,36)(H,37,38). The van der Waals surface area contributed by atoms with Crippen LogP contribution >= 0.6 is 11.8 Å². The number of aryl methyl sites for hydroxylation is 1. The van der Waals surface area contributed by atoms with Crippen LogP contribution in [0.15, 0.2) is 83.1 Å². The van der Waals surface area contributed by atoms with Crippen molar-refractivity contribution in [2.45, 2.75) is 38.3 Å². The van der Waals surface area contributed by atoms with E-state index in [0.717, 1.165) is 16.8 Å². The van der Waals surface area contributed by atoms with E-state index in [0.29, 0.717) is 22.3 Å². The molecule has 0 spiro atoms. The van der Waals surface area contributed by atoms with Gasteiger partial charge in [0, 0.05) is 16.8 Å². The molecule has 0 aliphatic heterocycles. The van der Waals surface area contributed by atoms with Crippen LogP contribution in [-0.2, 0) is 15.0 Å². The van der Waals surface area contributed by atoms with Crippen molar-refractivity contribution >= 4 is 29.9 Å². The van der Waals surface area contributed by atoms with Gasteiger partial charge < -0.3 is 9.84 Å². The number of hydrazone groups is 1. The number of hydrogen-bond acceptors (Lipinski definition) is 7. The fourth-order valence-electron chi connectivity index (χ4n) is 3.79. The number of nitrogens with one attached hydrogen (secondary N) is 1. The van der Waals surface area contributed by atoms with E-state index in [4.69, 9.17) is 9.84 Å². The van der Waals surface area contributed by atoms with E-state index in [-0.39, 0.29) is 17.1 Å². The van der Waals surface area contributed by atoms with E-state index in [9.17, 15) is 9.59 Å². The van der Waals surface area contributed by atoms with Gasteiger partial charge >= 0.3 is 5.97 Å². The number of ether oxygens (including phenoxy) is 1. The molecular formula is C30H31N5O4S. The molecular weight excluding hydrogens is 526 g/mol. The number of carbonyl (C=O) groups excluding carboxylic acids is 1. The molecule has 2 N–H and O–H groups in total. The van der Waals surface area contributed by atoms with Gasteiger partial charge in [-0.1, -0.05) is 86.6 Å². The number of hydrogen-bond donors (Lipinski definition) is 2. The number of aromatic nitrogens is 3. The molecule has 1 aromatic heterocycles. The Hall–Kier alpha value is -4.44. The van der Waals surface area contributed by atoms with Gasteiger partial charge in [0.15, 0.2) is 17.6 Å². The van der Waals surface area contributed by atoms with Crippen LogP contribution in [0.5, 0.6) is 5.75 Å². The second-order valence-corrected chi connectivity index (χ2v) is 11.0. The normalized spacial score (nSPS) is 11.5. The molecule has 0 saturated carbocycles. The van der Waals surface area contributed by atoms with Crippen molar-refractivity contribution in [2.24, 2.45) is 5.10 Å². The first-order valence-electron chi connectivity index (χ1n) is 12.6. The maximum absolute atomic E-state index is 12.6. The van der Waals surface area contributed by atoms with Crippen LogP contribution in [0.25, 0.3) is 17.1 Å². The first kappa shape index (κ1) is 28.6. The lowest BCUT2D eigenvalue weighted by atomic mass is 9.87. The molecule has 1 amide bonds. The zero-order valence-corrected chi connectivity index (χ0v) is 23.6. The van der Waals surface area contributed by atoms with Crippen molar-refractivity contribution in [1.82, 2.24) is 20.2 Å². The highest BCUT2D eigenvalue weighted by Gasteiger charge is 2.19. The fourth-order valence-corrected chi connectivity index (χ4v) is 4.53. The third kappa shape index (κ3) is 7.35. The van der Waals surface area contributed by atoms with E-state index in [1.165, 1.54) is 23.5 Å². The van der Waals surface area contributed by atoms with Crippen LogP contribution in [0.3, 0.4) is 0 Å². The second kappa shape index (κ2) is 12.6. The number of nitrogens with zero attached hydrogens (tertiary/aromatic N) is 4. The number of carbonyl (C=O) groups is 2. The Balaban J connectivity index is 1.49. The predicted octanol–water partition coefficient (Wildman–Crippen LogP) is 5.25. The third-order valence-corrected chi connectivity index (χ3v) is 6.86. The number of para-hydroxylation sites is 1. The number of aliphatic carboxylic acids is 1. The molecule has 4 rings (SSSR count). The predicted molar refractivity (Wildman–Crippen MR) is 156 cm³/mol. The molecule has 0 bridgehead atoms. The largest absolute Gasteiger partial charge is 0.481 e. The maximum atomic E-state index is 12.6. The molecule has 0 radical (unpaired) electrons. The van der Waals surface area contributed by atoms with Gasteiger partial charge in [-0.2, -0.15) is 5.10 Å². The lowest BCUT2D eigenvalue weighted by Gasteiger charge is -2.19. The Morgan fingerprint density at radius 3 is 2.40 bits per heavy atom. The van der Waals surface area contributed by atoms with Gasteiger partial charge in [0.2, 0.25) is 0 Å². The monoisotopic (exact) mass is 557 g/mol. The highest BCUT2D eigenvalue weighted by Crippen LogP contribution is 2.30. The molecule has 40 heavy (non-hydrogen) atoms. The molecule has 0 atom stereocenters. The summed E-state index contributed by atoms with van der Waals surface area (Å²) in [4.78, 5) is 23.4. The van der Waals surface area contributed by atoms with Crippen LogP contribution in [0.1, 0.15) is 37.5 Å². The minimum atomic E-state index is -1.08. The Labute approximate surface area is 237 Å². The summed E-state index contributed by atoms with van der Waals surface area (Å²) in [5.41, 5.74) is 7.25. The summed E-state index contributed by atoms with van der Waals surface area (Å²) in [7, 11) is 0. The number of carboxylic acid groups (broad SMARTS) is 1. The summed E-state index contributed by atoms with van der Waals surface area (Å²) in [5, 5.41) is 22.3. The topological polar surface area (TPSA) is 119 Å². The summed E-state index contributed by atoms with van der Waals surface area (Å²) < 4.78 is 7.21. The lowest BCUT2D eigenvalue weighted by Crippen LogP contribution is -2.20. The van der Waals surface area contributed by atoms with Crippen molar-refractivity contribution in [2.75, 3.05) is 12.4 Å². The molecule has 0 aliphatic carbocycles. The Morgan fingerprint density at radius 1 is 1.02 bits per heavy atom. The highest BCUT2D eigenvalue weighted by atomic mass is 32.2. The van der Waals surface area contributed by atoms with Crippen molar-refractivity contribution in [3.05, 3.63) is 89.5 Å². The summed E-state index contributed by atoms with van der Waals surface area (Å²) >= 11 is 1.25. The SMILES string of the molecule is Cc1ccc(-n2c(SCC(=O)NN=Cc3ccccc3OCC(=O)O)nnc2-c2ccc(C(C)(C)C)cc2)cc1.